The van der Waals surface area contributed by atoms with E-state index < -0.39 is 33.2 Å². The average molecular weight is 488 g/mol. The fourth-order valence-corrected chi connectivity index (χ4v) is 6.01. The average Bonchev–Trinajstić information content (AvgIpc) is 3.35. The highest BCUT2D eigenvalue weighted by Crippen LogP contribution is 2.27. The molecule has 0 fully saturated rings. The molecule has 0 bridgehead atoms. The first-order valence-electron chi connectivity index (χ1n) is 10.7. The summed E-state index contributed by atoms with van der Waals surface area (Å²) in [5.74, 6) is -2.85. The van der Waals surface area contributed by atoms with Crippen molar-refractivity contribution in [2.24, 2.45) is 4.99 Å². The molecule has 1 aromatic heterocycles. The highest BCUT2D eigenvalue weighted by Gasteiger charge is 2.29. The second-order valence-corrected chi connectivity index (χ2v) is 10.7. The van der Waals surface area contributed by atoms with E-state index >= 15 is 0 Å². The first kappa shape index (κ1) is 23.3. The van der Waals surface area contributed by atoms with Crippen LogP contribution in [0, 0.1) is 0 Å². The topological polar surface area (TPSA) is 98.0 Å². The Hall–Kier alpha value is -2.82. The molecule has 1 aliphatic rings. The van der Waals surface area contributed by atoms with E-state index in [2.05, 4.69) is 4.99 Å². The van der Waals surface area contributed by atoms with Gasteiger partial charge in [-0.05, 0) is 37.1 Å². The molecular weight excluding hydrogens is 462 g/mol. The summed E-state index contributed by atoms with van der Waals surface area (Å²) in [7, 11) is -3.97. The van der Waals surface area contributed by atoms with Gasteiger partial charge in [-0.3, -0.25) is 9.59 Å². The van der Waals surface area contributed by atoms with Crippen molar-refractivity contribution in [1.82, 2.24) is 4.57 Å². The summed E-state index contributed by atoms with van der Waals surface area (Å²) < 4.78 is 33.5. The first-order valence-corrected chi connectivity index (χ1v) is 13.3. The fraction of sp³-hybridized carbons (Fsp3) is 0.348. The molecule has 4 rings (SSSR count). The molecule has 10 heteroatoms. The minimum atomic E-state index is -3.97. The van der Waals surface area contributed by atoms with Crippen LogP contribution in [0.15, 0.2) is 53.5 Å². The van der Waals surface area contributed by atoms with Gasteiger partial charge in [-0.1, -0.05) is 41.7 Å². The van der Waals surface area contributed by atoms with Gasteiger partial charge in [0, 0.05) is 25.4 Å². The molecule has 1 aliphatic heterocycles. The molecule has 8 nitrogen and oxygen atoms in total. The number of nitrogens with zero attached hydrogens (tertiary/aromatic N) is 3. The Morgan fingerprint density at radius 1 is 1.09 bits per heavy atom. The quantitative estimate of drug-likeness (QED) is 0.454. The van der Waals surface area contributed by atoms with Gasteiger partial charge >= 0.3 is 0 Å². The number of carbonyl (C=O) groups is 2. The van der Waals surface area contributed by atoms with Gasteiger partial charge in [0.1, 0.15) is 11.5 Å². The lowest BCUT2D eigenvalue weighted by molar-refractivity contribution is -0.116. The molecule has 174 valence electrons. The van der Waals surface area contributed by atoms with Crippen LogP contribution in [-0.2, 0) is 37.1 Å². The smallest absolute Gasteiger partial charge is 0.263 e. The number of anilines is 1. The maximum Gasteiger partial charge on any atom is 0.263 e. The number of hydrogen-bond donors (Lipinski definition) is 0. The van der Waals surface area contributed by atoms with Crippen LogP contribution in [-0.4, -0.2) is 56.1 Å². The SMILES string of the molecule is CCOCCn1c(=NC(=O)CS(=O)(=O)CC(=O)N2CCc3ccccc32)sc2ccccc21. The van der Waals surface area contributed by atoms with Crippen molar-refractivity contribution in [3.05, 3.63) is 58.9 Å². The molecule has 0 radical (unpaired) electrons. The van der Waals surface area contributed by atoms with Gasteiger partial charge in [0.05, 0.1) is 16.8 Å². The monoisotopic (exact) mass is 487 g/mol. The van der Waals surface area contributed by atoms with E-state index in [0.29, 0.717) is 37.5 Å². The molecule has 0 N–H and O–H groups in total. The van der Waals surface area contributed by atoms with Crippen molar-refractivity contribution >= 4 is 48.9 Å². The molecule has 0 aliphatic carbocycles. The second kappa shape index (κ2) is 9.98. The van der Waals surface area contributed by atoms with Crippen LogP contribution in [0.3, 0.4) is 0 Å². The maximum atomic E-state index is 12.7. The number of para-hydroxylation sites is 2. The van der Waals surface area contributed by atoms with Gasteiger partial charge in [0.15, 0.2) is 14.6 Å². The van der Waals surface area contributed by atoms with Gasteiger partial charge in [-0.25, -0.2) is 8.42 Å². The summed E-state index contributed by atoms with van der Waals surface area (Å²) in [5.41, 5.74) is 2.64. The van der Waals surface area contributed by atoms with E-state index in [9.17, 15) is 18.0 Å². The Bertz CT molecular complexity index is 1360. The van der Waals surface area contributed by atoms with Crippen LogP contribution in [0.4, 0.5) is 5.69 Å². The van der Waals surface area contributed by atoms with Gasteiger partial charge in [0.2, 0.25) is 5.91 Å². The summed E-state index contributed by atoms with van der Waals surface area (Å²) in [6.45, 7) is 3.85. The number of thiazole rings is 1. The molecule has 2 heterocycles. The normalized spacial score (nSPS) is 14.1. The lowest BCUT2D eigenvalue weighted by Gasteiger charge is -2.17. The highest BCUT2D eigenvalue weighted by molar-refractivity contribution is 7.92. The van der Waals surface area contributed by atoms with E-state index in [-0.39, 0.29) is 0 Å². The number of carbonyl (C=O) groups excluding carboxylic acids is 2. The van der Waals surface area contributed by atoms with Crippen LogP contribution in [0.25, 0.3) is 10.2 Å². The Morgan fingerprint density at radius 3 is 2.67 bits per heavy atom. The lowest BCUT2D eigenvalue weighted by atomic mass is 10.2. The summed E-state index contributed by atoms with van der Waals surface area (Å²) in [6.07, 6.45) is 0.684. The van der Waals surface area contributed by atoms with Crippen molar-refractivity contribution in [2.75, 3.05) is 36.2 Å². The van der Waals surface area contributed by atoms with Crippen molar-refractivity contribution in [3.63, 3.8) is 0 Å². The summed E-state index contributed by atoms with van der Waals surface area (Å²) in [6, 6.07) is 15.1. The van der Waals surface area contributed by atoms with Crippen molar-refractivity contribution in [3.8, 4) is 0 Å². The zero-order chi connectivity index (χ0) is 23.4. The molecule has 2 amide bonds. The summed E-state index contributed by atoms with van der Waals surface area (Å²) in [4.78, 5) is 31.2. The van der Waals surface area contributed by atoms with Crippen LogP contribution in [0.2, 0.25) is 0 Å². The predicted molar refractivity (Wildman–Crippen MR) is 128 cm³/mol. The Balaban J connectivity index is 1.50. The van der Waals surface area contributed by atoms with Gasteiger partial charge < -0.3 is 14.2 Å². The predicted octanol–water partition coefficient (Wildman–Crippen LogP) is 2.17. The highest BCUT2D eigenvalue weighted by atomic mass is 32.2. The van der Waals surface area contributed by atoms with E-state index in [0.717, 1.165) is 21.5 Å². The molecule has 33 heavy (non-hydrogen) atoms. The van der Waals surface area contributed by atoms with Crippen LogP contribution < -0.4 is 9.70 Å². The Kier molecular flexibility index (Phi) is 7.06. The molecule has 0 unspecified atom stereocenters. The van der Waals surface area contributed by atoms with Crippen LogP contribution in [0.1, 0.15) is 12.5 Å². The van der Waals surface area contributed by atoms with Crippen molar-refractivity contribution < 1.29 is 22.7 Å². The molecular formula is C23H25N3O5S2. The Labute approximate surface area is 196 Å². The summed E-state index contributed by atoms with van der Waals surface area (Å²) >= 11 is 1.31. The first-order chi connectivity index (χ1) is 15.9. The third kappa shape index (κ3) is 5.40. The third-order valence-corrected chi connectivity index (χ3v) is 7.78. The molecule has 3 aromatic rings. The van der Waals surface area contributed by atoms with E-state index in [1.165, 1.54) is 16.2 Å². The van der Waals surface area contributed by atoms with Gasteiger partial charge in [0.25, 0.3) is 5.91 Å². The van der Waals surface area contributed by atoms with Crippen LogP contribution >= 0.6 is 11.3 Å². The Morgan fingerprint density at radius 2 is 1.85 bits per heavy atom. The molecule has 0 spiro atoms. The number of sulfone groups is 1. The number of aromatic nitrogens is 1. The van der Waals surface area contributed by atoms with Crippen LogP contribution in [0.5, 0.6) is 0 Å². The minimum Gasteiger partial charge on any atom is -0.380 e. The number of amides is 2. The van der Waals surface area contributed by atoms with Gasteiger partial charge in [-0.2, -0.15) is 4.99 Å². The second-order valence-electron chi connectivity index (χ2n) is 7.66. The minimum absolute atomic E-state index is 0.413. The standard InChI is InChI=1S/C23H25N3O5S2/c1-2-31-14-13-26-19-9-5-6-10-20(19)32-23(26)24-21(27)15-33(29,30)16-22(28)25-12-11-17-7-3-4-8-18(17)25/h3-10H,2,11-16H2,1H3. The number of fused-ring (bicyclic) bond motifs is 2. The van der Waals surface area contributed by atoms with E-state index in [1.54, 1.807) is 6.07 Å². The van der Waals surface area contributed by atoms with E-state index in [4.69, 9.17) is 4.74 Å². The van der Waals surface area contributed by atoms with Crippen molar-refractivity contribution in [1.29, 1.82) is 0 Å². The summed E-state index contributed by atoms with van der Waals surface area (Å²) in [5, 5.41) is 0. The number of benzene rings is 2. The van der Waals surface area contributed by atoms with Gasteiger partial charge in [-0.15, -0.1) is 0 Å². The zero-order valence-electron chi connectivity index (χ0n) is 18.3. The molecule has 0 saturated heterocycles. The number of rotatable bonds is 8. The zero-order valence-corrected chi connectivity index (χ0v) is 19.9. The fourth-order valence-electron chi connectivity index (χ4n) is 3.86. The lowest BCUT2D eigenvalue weighted by Crippen LogP contribution is -2.36. The van der Waals surface area contributed by atoms with Crippen molar-refractivity contribution in [2.45, 2.75) is 19.9 Å². The molecule has 2 aromatic carbocycles. The molecule has 0 atom stereocenters. The molecule has 0 saturated carbocycles. The number of hydrogen-bond acceptors (Lipinski definition) is 6. The van der Waals surface area contributed by atoms with E-state index in [1.807, 2.05) is 54.0 Å². The maximum absolute atomic E-state index is 12.7. The largest absolute Gasteiger partial charge is 0.380 e. The number of ether oxygens (including phenoxy) is 1. The third-order valence-electron chi connectivity index (χ3n) is 5.35.